The van der Waals surface area contributed by atoms with Crippen LogP contribution in [0.2, 0.25) is 0 Å². The van der Waals surface area contributed by atoms with Crippen LogP contribution in [-0.4, -0.2) is 0 Å². The fourth-order valence-corrected chi connectivity index (χ4v) is 2.41. The molecule has 0 aromatic heterocycles. The van der Waals surface area contributed by atoms with Gasteiger partial charge in [0.05, 0.1) is 14.6 Å². The van der Waals surface area contributed by atoms with Crippen molar-refractivity contribution in [3.63, 3.8) is 0 Å². The van der Waals surface area contributed by atoms with Crippen LogP contribution in [0.3, 0.4) is 0 Å². The number of hydrogen-bond acceptors (Lipinski definition) is 2. The van der Waals surface area contributed by atoms with Gasteiger partial charge in [0.2, 0.25) is 0 Å². The van der Waals surface area contributed by atoms with Crippen molar-refractivity contribution in [3.05, 3.63) is 60.7 Å². The molecule has 86 valence electrons. The lowest BCUT2D eigenvalue weighted by Crippen LogP contribution is -1.89. The monoisotopic (exact) mass is 261 g/mol. The molecule has 0 fully saturated rings. The topological polar surface area (TPSA) is 36.4 Å². The summed E-state index contributed by atoms with van der Waals surface area (Å²) in [6.45, 7) is 0. The summed E-state index contributed by atoms with van der Waals surface area (Å²) in [5.41, 5.74) is 2.11. The predicted octanol–water partition coefficient (Wildman–Crippen LogP) is 4.57. The summed E-state index contributed by atoms with van der Waals surface area (Å²) in [7, 11) is 1.32. The van der Waals surface area contributed by atoms with Gasteiger partial charge in [0.1, 0.15) is 8.52 Å². The second kappa shape index (κ2) is 7.13. The molecular weight excluding hydrogens is 248 g/mol. The zero-order valence-electron chi connectivity index (χ0n) is 9.17. The van der Waals surface area contributed by atoms with Crippen molar-refractivity contribution >= 4 is 28.8 Å². The Morgan fingerprint density at radius 2 is 1.53 bits per heavy atom. The Hall–Kier alpha value is -1.27. The molecule has 0 heterocycles. The van der Waals surface area contributed by atoms with E-state index in [4.69, 9.17) is 0 Å². The molecule has 1 unspecified atom stereocenters. The Morgan fingerprint density at radius 3 is 2.24 bits per heavy atom. The Labute approximate surface area is 104 Å². The standard InChI is InChI=1S/C12H13N3P2/c1-3-7-11(8-4-1)13-16-15-17-14-12-9-5-2-6-10-12/h1-10,13,16H,(H,14,15). The molecule has 2 aromatic carbocycles. The predicted molar refractivity (Wildman–Crippen MR) is 77.0 cm³/mol. The molecule has 0 aliphatic rings. The first-order valence-electron chi connectivity index (χ1n) is 5.22. The number of hydrogen-bond donors (Lipinski definition) is 2. The summed E-state index contributed by atoms with van der Waals surface area (Å²) in [6, 6.07) is 20.0. The molecular formula is C12H13N3P2. The average Bonchev–Trinajstić information content (AvgIpc) is 2.41. The quantitative estimate of drug-likeness (QED) is 0.610. The number of benzene rings is 2. The molecule has 1 atom stereocenters. The van der Waals surface area contributed by atoms with E-state index < -0.39 is 0 Å². The third kappa shape index (κ3) is 4.62. The summed E-state index contributed by atoms with van der Waals surface area (Å²) >= 11 is 0. The van der Waals surface area contributed by atoms with Crippen LogP contribution in [0.25, 0.3) is 0 Å². The maximum atomic E-state index is 4.37. The molecule has 0 radical (unpaired) electrons. The lowest BCUT2D eigenvalue weighted by Gasteiger charge is -2.02. The minimum Gasteiger partial charge on any atom is -0.354 e. The number of anilines is 1. The highest BCUT2D eigenvalue weighted by atomic mass is 31.1. The van der Waals surface area contributed by atoms with Gasteiger partial charge >= 0.3 is 0 Å². The first kappa shape index (κ1) is 12.2. The van der Waals surface area contributed by atoms with Crippen LogP contribution in [0.5, 0.6) is 0 Å². The van der Waals surface area contributed by atoms with Gasteiger partial charge in [-0.2, -0.15) is 0 Å². The smallest absolute Gasteiger partial charge is 0.101 e. The van der Waals surface area contributed by atoms with Crippen LogP contribution < -0.4 is 9.95 Å². The van der Waals surface area contributed by atoms with Crippen molar-refractivity contribution in [2.45, 2.75) is 0 Å². The van der Waals surface area contributed by atoms with Crippen LogP contribution >= 0.6 is 17.4 Å². The summed E-state index contributed by atoms with van der Waals surface area (Å²) < 4.78 is 4.37. The molecule has 0 aliphatic heterocycles. The maximum absolute atomic E-state index is 4.37. The fraction of sp³-hybridized carbons (Fsp3) is 0. The molecule has 0 bridgehead atoms. The molecule has 0 saturated carbocycles. The first-order chi connectivity index (χ1) is 8.45. The molecule has 0 aliphatic carbocycles. The molecule has 0 amide bonds. The van der Waals surface area contributed by atoms with E-state index in [9.17, 15) is 0 Å². The van der Waals surface area contributed by atoms with E-state index in [0.29, 0.717) is 8.88 Å². The van der Waals surface area contributed by atoms with Gasteiger partial charge in [-0.25, -0.2) is 9.60 Å². The Bertz CT molecular complexity index is 460. The van der Waals surface area contributed by atoms with Crippen LogP contribution in [0.1, 0.15) is 0 Å². The lowest BCUT2D eigenvalue weighted by molar-refractivity contribution is 1.54. The third-order valence-electron chi connectivity index (χ3n) is 2.01. The highest BCUT2D eigenvalue weighted by Crippen LogP contribution is 2.19. The Kier molecular flexibility index (Phi) is 5.12. The van der Waals surface area contributed by atoms with Crippen molar-refractivity contribution in [2.24, 2.45) is 4.74 Å². The van der Waals surface area contributed by atoms with E-state index in [2.05, 4.69) is 14.7 Å². The van der Waals surface area contributed by atoms with E-state index in [1.54, 1.807) is 0 Å². The summed E-state index contributed by atoms with van der Waals surface area (Å²) in [5, 5.41) is 3.28. The van der Waals surface area contributed by atoms with Crippen LogP contribution in [-0.2, 0) is 0 Å². The van der Waals surface area contributed by atoms with E-state index >= 15 is 0 Å². The van der Waals surface area contributed by atoms with Crippen molar-refractivity contribution in [1.29, 1.82) is 0 Å². The van der Waals surface area contributed by atoms with Gasteiger partial charge in [0.25, 0.3) is 0 Å². The second-order valence-electron chi connectivity index (χ2n) is 3.26. The zero-order chi connectivity index (χ0) is 11.8. The highest BCUT2D eigenvalue weighted by molar-refractivity contribution is 7.48. The van der Waals surface area contributed by atoms with E-state index in [1.807, 2.05) is 60.7 Å². The SMILES string of the molecule is c1ccc(N=PNPNc2ccccc2)cc1. The number of rotatable bonds is 5. The molecule has 0 saturated heterocycles. The van der Waals surface area contributed by atoms with Crippen molar-refractivity contribution in [3.8, 4) is 0 Å². The van der Waals surface area contributed by atoms with Crippen LogP contribution in [0.15, 0.2) is 65.4 Å². The molecule has 0 spiro atoms. The van der Waals surface area contributed by atoms with Crippen LogP contribution in [0.4, 0.5) is 11.4 Å². The van der Waals surface area contributed by atoms with Crippen molar-refractivity contribution in [2.75, 3.05) is 5.09 Å². The molecule has 3 nitrogen and oxygen atoms in total. The molecule has 2 aromatic rings. The van der Waals surface area contributed by atoms with Gasteiger partial charge in [-0.1, -0.05) is 36.4 Å². The minimum absolute atomic E-state index is 0.455. The Morgan fingerprint density at radius 1 is 0.882 bits per heavy atom. The number of para-hydroxylation sites is 1. The van der Waals surface area contributed by atoms with Gasteiger partial charge in [0.15, 0.2) is 0 Å². The van der Waals surface area contributed by atoms with Gasteiger partial charge in [0, 0.05) is 5.69 Å². The third-order valence-corrected chi connectivity index (χ3v) is 3.60. The highest BCUT2D eigenvalue weighted by Gasteiger charge is 1.87. The Balaban J connectivity index is 1.72. The number of nitrogens with one attached hydrogen (secondary N) is 2. The summed E-state index contributed by atoms with van der Waals surface area (Å²) in [4.78, 5) is 3.20. The summed E-state index contributed by atoms with van der Waals surface area (Å²) in [6.07, 6.45) is 0. The average molecular weight is 261 g/mol. The van der Waals surface area contributed by atoms with Crippen molar-refractivity contribution < 1.29 is 0 Å². The first-order valence-corrected chi connectivity index (χ1v) is 7.07. The van der Waals surface area contributed by atoms with Gasteiger partial charge in [-0.15, -0.1) is 0 Å². The van der Waals surface area contributed by atoms with E-state index in [0.717, 1.165) is 19.9 Å². The van der Waals surface area contributed by atoms with Gasteiger partial charge in [-0.3, -0.25) is 0 Å². The summed E-state index contributed by atoms with van der Waals surface area (Å²) in [5.74, 6) is 0. The molecule has 5 heteroatoms. The molecule has 17 heavy (non-hydrogen) atoms. The zero-order valence-corrected chi connectivity index (χ0v) is 11.1. The minimum atomic E-state index is 0.455. The van der Waals surface area contributed by atoms with Crippen LogP contribution in [0, 0.1) is 0 Å². The fourth-order valence-electron chi connectivity index (χ4n) is 1.22. The normalized spacial score (nSPS) is 11.3. The van der Waals surface area contributed by atoms with E-state index in [-0.39, 0.29) is 0 Å². The van der Waals surface area contributed by atoms with Crippen molar-refractivity contribution in [1.82, 2.24) is 4.86 Å². The van der Waals surface area contributed by atoms with E-state index in [1.165, 1.54) is 0 Å². The lowest BCUT2D eigenvalue weighted by atomic mass is 10.3. The number of nitrogens with zero attached hydrogens (tertiary/aromatic N) is 1. The van der Waals surface area contributed by atoms with Gasteiger partial charge in [-0.05, 0) is 24.3 Å². The molecule has 2 rings (SSSR count). The van der Waals surface area contributed by atoms with Gasteiger partial charge < -0.3 is 5.09 Å². The largest absolute Gasteiger partial charge is 0.354 e. The molecule has 2 N–H and O–H groups in total. The second-order valence-corrected chi connectivity index (χ2v) is 5.06. The maximum Gasteiger partial charge on any atom is 0.101 e.